The Labute approximate surface area is 205 Å². The average molecular weight is 481 g/mol. The topological polar surface area (TPSA) is 114 Å². The van der Waals surface area contributed by atoms with Crippen molar-refractivity contribution in [3.63, 3.8) is 0 Å². The number of hydrogen-bond donors (Lipinski definition) is 3. The summed E-state index contributed by atoms with van der Waals surface area (Å²) in [4.78, 5) is 37.5. The molecular weight excluding hydrogens is 448 g/mol. The summed E-state index contributed by atoms with van der Waals surface area (Å²) in [5, 5.41) is 14.8. The predicted octanol–water partition coefficient (Wildman–Crippen LogP) is 3.69. The van der Waals surface area contributed by atoms with Gasteiger partial charge in [-0.2, -0.15) is 0 Å². The molecule has 2 aromatic rings. The third-order valence-corrected chi connectivity index (χ3v) is 7.30. The van der Waals surface area contributed by atoms with Gasteiger partial charge in [0.15, 0.2) is 6.04 Å². The monoisotopic (exact) mass is 480 g/mol. The number of nitrogens with one attached hydrogen (secondary N) is 2. The third kappa shape index (κ3) is 5.03. The maximum absolute atomic E-state index is 13.1. The zero-order valence-electron chi connectivity index (χ0n) is 20.1. The summed E-state index contributed by atoms with van der Waals surface area (Å²) in [6.07, 6.45) is 2.24. The largest absolute Gasteiger partial charge is 0.480 e. The molecule has 1 fully saturated rings. The Bertz CT molecular complexity index is 1060. The SMILES string of the molecule is COC[C@H](NC(=O)C1(C)CCCCC1NC(=O)OCC1c2ccccc2-c2ccccc21)C(=O)O. The van der Waals surface area contributed by atoms with Crippen LogP contribution in [0.5, 0.6) is 0 Å². The second kappa shape index (κ2) is 10.5. The lowest BCUT2D eigenvalue weighted by Crippen LogP contribution is -2.58. The number of hydrogen-bond acceptors (Lipinski definition) is 5. The van der Waals surface area contributed by atoms with Gasteiger partial charge in [-0.05, 0) is 42.0 Å². The molecule has 1 saturated carbocycles. The third-order valence-electron chi connectivity index (χ3n) is 7.30. The van der Waals surface area contributed by atoms with Crippen LogP contribution in [-0.2, 0) is 19.1 Å². The van der Waals surface area contributed by atoms with Gasteiger partial charge in [0.1, 0.15) is 6.61 Å². The highest BCUT2D eigenvalue weighted by atomic mass is 16.5. The van der Waals surface area contributed by atoms with E-state index in [0.29, 0.717) is 12.8 Å². The summed E-state index contributed by atoms with van der Waals surface area (Å²) in [5.74, 6) is -1.63. The van der Waals surface area contributed by atoms with E-state index in [4.69, 9.17) is 9.47 Å². The number of alkyl carbamates (subject to hydrolysis) is 1. The Morgan fingerprint density at radius 2 is 1.69 bits per heavy atom. The standard InChI is InChI=1S/C27H32N2O6/c1-27(25(32)28-22(16-34-2)24(30)31)14-8-7-13-23(27)29-26(33)35-15-21-19-11-5-3-9-17(19)18-10-4-6-12-20(18)21/h3-6,9-12,21-23H,7-8,13-16H2,1-2H3,(H,28,32)(H,29,33)(H,30,31)/t22-,23?,27?/m0/s1. The maximum Gasteiger partial charge on any atom is 0.407 e. The minimum absolute atomic E-state index is 0.0560. The second-order valence-corrected chi connectivity index (χ2v) is 9.51. The molecule has 2 unspecified atom stereocenters. The molecule has 0 aromatic heterocycles. The molecule has 3 atom stereocenters. The molecule has 8 nitrogen and oxygen atoms in total. The van der Waals surface area contributed by atoms with Crippen molar-refractivity contribution in [3.05, 3.63) is 59.7 Å². The fraction of sp³-hybridized carbons (Fsp3) is 0.444. The number of carbonyl (C=O) groups is 3. The minimum Gasteiger partial charge on any atom is -0.480 e. The van der Waals surface area contributed by atoms with Crippen molar-refractivity contribution in [2.45, 2.75) is 50.6 Å². The Kier molecular flexibility index (Phi) is 7.40. The molecule has 2 aromatic carbocycles. The smallest absolute Gasteiger partial charge is 0.407 e. The molecule has 186 valence electrons. The average Bonchev–Trinajstić information content (AvgIpc) is 3.17. The fourth-order valence-corrected chi connectivity index (χ4v) is 5.28. The highest BCUT2D eigenvalue weighted by molar-refractivity contribution is 5.88. The molecule has 35 heavy (non-hydrogen) atoms. The van der Waals surface area contributed by atoms with Crippen molar-refractivity contribution >= 4 is 18.0 Å². The Morgan fingerprint density at radius 1 is 1.06 bits per heavy atom. The van der Waals surface area contributed by atoms with Gasteiger partial charge in [0.05, 0.1) is 12.0 Å². The molecular formula is C27H32N2O6. The van der Waals surface area contributed by atoms with Crippen LogP contribution < -0.4 is 10.6 Å². The van der Waals surface area contributed by atoms with E-state index in [0.717, 1.165) is 35.1 Å². The first kappa shape index (κ1) is 24.7. The van der Waals surface area contributed by atoms with Gasteiger partial charge in [-0.3, -0.25) is 4.79 Å². The number of carboxylic acids is 1. The van der Waals surface area contributed by atoms with Crippen LogP contribution in [0.1, 0.15) is 49.7 Å². The van der Waals surface area contributed by atoms with E-state index in [2.05, 4.69) is 34.9 Å². The number of carboxylic acid groups (broad SMARTS) is 1. The molecule has 0 heterocycles. The van der Waals surface area contributed by atoms with Crippen LogP contribution >= 0.6 is 0 Å². The molecule has 0 saturated heterocycles. The fourth-order valence-electron chi connectivity index (χ4n) is 5.28. The number of rotatable bonds is 8. The Balaban J connectivity index is 1.42. The van der Waals surface area contributed by atoms with E-state index in [1.165, 1.54) is 7.11 Å². The lowest BCUT2D eigenvalue weighted by atomic mass is 9.71. The van der Waals surface area contributed by atoms with Crippen LogP contribution in [0.4, 0.5) is 4.79 Å². The number of aliphatic carboxylic acids is 1. The number of fused-ring (bicyclic) bond motifs is 3. The molecule has 4 rings (SSSR count). The first-order valence-corrected chi connectivity index (χ1v) is 12.0. The number of methoxy groups -OCH3 is 1. The first-order chi connectivity index (χ1) is 16.8. The van der Waals surface area contributed by atoms with Gasteiger partial charge < -0.3 is 25.2 Å². The Morgan fingerprint density at radius 3 is 2.29 bits per heavy atom. The van der Waals surface area contributed by atoms with E-state index in [1.54, 1.807) is 6.92 Å². The van der Waals surface area contributed by atoms with Crippen LogP contribution in [0.3, 0.4) is 0 Å². The van der Waals surface area contributed by atoms with Crippen LogP contribution in [0.2, 0.25) is 0 Å². The molecule has 0 bridgehead atoms. The predicted molar refractivity (Wildman–Crippen MR) is 130 cm³/mol. The molecule has 2 aliphatic rings. The summed E-state index contributed by atoms with van der Waals surface area (Å²) in [6.45, 7) is 1.81. The van der Waals surface area contributed by atoms with Gasteiger partial charge >= 0.3 is 12.1 Å². The van der Waals surface area contributed by atoms with E-state index in [1.807, 2.05) is 24.3 Å². The molecule has 8 heteroatoms. The summed E-state index contributed by atoms with van der Waals surface area (Å²) >= 11 is 0. The quantitative estimate of drug-likeness (QED) is 0.531. The number of amides is 2. The van der Waals surface area contributed by atoms with E-state index >= 15 is 0 Å². The molecule has 2 aliphatic carbocycles. The second-order valence-electron chi connectivity index (χ2n) is 9.51. The van der Waals surface area contributed by atoms with Crippen LogP contribution in [0, 0.1) is 5.41 Å². The van der Waals surface area contributed by atoms with Crippen LogP contribution in [0.25, 0.3) is 11.1 Å². The Hall–Kier alpha value is -3.39. The number of benzene rings is 2. The molecule has 0 radical (unpaired) electrons. The van der Waals surface area contributed by atoms with E-state index < -0.39 is 35.5 Å². The normalized spacial score (nSPS) is 21.9. The van der Waals surface area contributed by atoms with Gasteiger partial charge in [0.2, 0.25) is 5.91 Å². The van der Waals surface area contributed by atoms with Crippen molar-refractivity contribution in [1.82, 2.24) is 10.6 Å². The van der Waals surface area contributed by atoms with Gasteiger partial charge in [-0.1, -0.05) is 61.4 Å². The van der Waals surface area contributed by atoms with Crippen molar-refractivity contribution in [2.24, 2.45) is 5.41 Å². The van der Waals surface area contributed by atoms with Crippen molar-refractivity contribution in [3.8, 4) is 11.1 Å². The zero-order valence-corrected chi connectivity index (χ0v) is 20.1. The molecule has 0 spiro atoms. The van der Waals surface area contributed by atoms with E-state index in [9.17, 15) is 19.5 Å². The van der Waals surface area contributed by atoms with Gasteiger partial charge in [-0.25, -0.2) is 9.59 Å². The molecule has 2 amide bonds. The van der Waals surface area contributed by atoms with Gasteiger partial charge in [-0.15, -0.1) is 0 Å². The lowest BCUT2D eigenvalue weighted by Gasteiger charge is -2.40. The van der Waals surface area contributed by atoms with E-state index in [-0.39, 0.29) is 19.1 Å². The van der Waals surface area contributed by atoms with Gasteiger partial charge in [0.25, 0.3) is 0 Å². The highest BCUT2D eigenvalue weighted by Crippen LogP contribution is 2.44. The summed E-state index contributed by atoms with van der Waals surface area (Å²) in [7, 11) is 1.38. The summed E-state index contributed by atoms with van der Waals surface area (Å²) in [6, 6.07) is 14.6. The number of ether oxygens (including phenoxy) is 2. The summed E-state index contributed by atoms with van der Waals surface area (Å²) < 4.78 is 10.6. The van der Waals surface area contributed by atoms with Crippen LogP contribution in [0.15, 0.2) is 48.5 Å². The van der Waals surface area contributed by atoms with Crippen molar-refractivity contribution in [2.75, 3.05) is 20.3 Å². The van der Waals surface area contributed by atoms with Crippen LogP contribution in [-0.4, -0.2) is 55.5 Å². The number of carbonyl (C=O) groups excluding carboxylic acids is 2. The first-order valence-electron chi connectivity index (χ1n) is 12.0. The van der Waals surface area contributed by atoms with Crippen molar-refractivity contribution in [1.29, 1.82) is 0 Å². The highest BCUT2D eigenvalue weighted by Gasteiger charge is 2.45. The maximum atomic E-state index is 13.1. The summed E-state index contributed by atoms with van der Waals surface area (Å²) in [5.41, 5.74) is 3.60. The van der Waals surface area contributed by atoms with Gasteiger partial charge in [0, 0.05) is 19.1 Å². The molecule has 0 aliphatic heterocycles. The van der Waals surface area contributed by atoms with Crippen molar-refractivity contribution < 1.29 is 29.0 Å². The zero-order chi connectivity index (χ0) is 25.0. The minimum atomic E-state index is -1.17. The molecule has 3 N–H and O–H groups in total. The lowest BCUT2D eigenvalue weighted by molar-refractivity contribution is -0.146.